The fourth-order valence-corrected chi connectivity index (χ4v) is 4.81. The summed E-state index contributed by atoms with van der Waals surface area (Å²) in [5.41, 5.74) is 3.51. The number of aryl methyl sites for hydroxylation is 3. The maximum atomic E-state index is 12.9. The summed E-state index contributed by atoms with van der Waals surface area (Å²) in [4.78, 5) is 51.4. The van der Waals surface area contributed by atoms with E-state index in [4.69, 9.17) is 4.98 Å². The first kappa shape index (κ1) is 24.2. The fraction of sp³-hybridized carbons (Fsp3) is 0.308. The van der Waals surface area contributed by atoms with Crippen LogP contribution in [0.5, 0.6) is 0 Å². The van der Waals surface area contributed by atoms with Gasteiger partial charge < -0.3 is 19.6 Å². The Hall–Kier alpha value is -4.54. The molecule has 190 valence electrons. The number of nitrogens with one attached hydrogen (secondary N) is 1. The lowest BCUT2D eigenvalue weighted by Gasteiger charge is -2.33. The molecule has 11 heteroatoms. The number of carbonyl (C=O) groups is 2. The van der Waals surface area contributed by atoms with Crippen molar-refractivity contribution >= 4 is 28.7 Å². The van der Waals surface area contributed by atoms with Gasteiger partial charge in [0.2, 0.25) is 5.91 Å². The number of nitrogens with zero attached hydrogens (tertiary/aromatic N) is 6. The minimum atomic E-state index is -1.000. The number of imidazole rings is 1. The Morgan fingerprint density at radius 1 is 1.19 bits per heavy atom. The van der Waals surface area contributed by atoms with Gasteiger partial charge in [0.05, 0.1) is 29.0 Å². The molecule has 3 aromatic heterocycles. The van der Waals surface area contributed by atoms with Gasteiger partial charge in [-0.15, -0.1) is 0 Å². The number of hydrogen-bond acceptors (Lipinski definition) is 6. The second-order valence-electron chi connectivity index (χ2n) is 9.05. The SMILES string of the molecule is C[C@H]1CCc2c(ccc3c2nc(CCn2ccccc2=O)n3CC(=O)NCc2ccncn2)N1C(=O)O. The van der Waals surface area contributed by atoms with Gasteiger partial charge in [0, 0.05) is 43.0 Å². The van der Waals surface area contributed by atoms with Crippen molar-refractivity contribution in [1.82, 2.24) is 29.4 Å². The average molecular weight is 502 g/mol. The van der Waals surface area contributed by atoms with E-state index in [1.807, 2.05) is 17.6 Å². The van der Waals surface area contributed by atoms with E-state index >= 15 is 0 Å². The van der Waals surface area contributed by atoms with Gasteiger partial charge in [-0.1, -0.05) is 6.07 Å². The standard InChI is InChI=1S/C26H27N7O4/c1-17-5-6-19-20(33(17)26(36)37)7-8-21-25(19)30-22(10-13-31-12-3-2-4-24(31)35)32(21)15-23(34)28-14-18-9-11-27-16-29-18/h2-4,7-9,11-12,16-17H,5-6,10,13-15H2,1H3,(H,28,34)(H,36,37)/t17-/m0/s1. The van der Waals surface area contributed by atoms with E-state index in [0.29, 0.717) is 48.5 Å². The number of pyridine rings is 1. The zero-order chi connectivity index (χ0) is 25.9. The third-order valence-corrected chi connectivity index (χ3v) is 6.69. The van der Waals surface area contributed by atoms with Crippen LogP contribution in [0.15, 0.2) is 59.9 Å². The first-order chi connectivity index (χ1) is 17.9. The van der Waals surface area contributed by atoms with Crippen molar-refractivity contribution in [2.24, 2.45) is 0 Å². The lowest BCUT2D eigenvalue weighted by molar-refractivity contribution is -0.121. The Balaban J connectivity index is 1.50. The van der Waals surface area contributed by atoms with Crippen molar-refractivity contribution in [2.75, 3.05) is 4.90 Å². The number of fused-ring (bicyclic) bond motifs is 3. The van der Waals surface area contributed by atoms with Crippen LogP contribution in [0.4, 0.5) is 10.5 Å². The topological polar surface area (TPSA) is 135 Å². The first-order valence-corrected chi connectivity index (χ1v) is 12.1. The van der Waals surface area contributed by atoms with Crippen LogP contribution in [-0.2, 0) is 37.3 Å². The average Bonchev–Trinajstić information content (AvgIpc) is 3.24. The van der Waals surface area contributed by atoms with Gasteiger partial charge in [-0.25, -0.2) is 19.7 Å². The third kappa shape index (κ3) is 4.92. The monoisotopic (exact) mass is 501 g/mol. The minimum Gasteiger partial charge on any atom is -0.465 e. The quantitative estimate of drug-likeness (QED) is 0.397. The molecular formula is C26H27N7O4. The molecule has 0 aliphatic carbocycles. The summed E-state index contributed by atoms with van der Waals surface area (Å²) < 4.78 is 3.45. The second-order valence-corrected chi connectivity index (χ2v) is 9.05. The highest BCUT2D eigenvalue weighted by molar-refractivity contribution is 5.95. The molecule has 11 nitrogen and oxygen atoms in total. The predicted octanol–water partition coefficient (Wildman–Crippen LogP) is 2.37. The van der Waals surface area contributed by atoms with E-state index in [2.05, 4.69) is 15.3 Å². The summed E-state index contributed by atoms with van der Waals surface area (Å²) in [6.07, 6.45) is 5.56. The molecule has 0 unspecified atom stereocenters. The molecule has 0 spiro atoms. The molecule has 0 saturated carbocycles. The Morgan fingerprint density at radius 2 is 2.05 bits per heavy atom. The maximum Gasteiger partial charge on any atom is 0.412 e. The van der Waals surface area contributed by atoms with Gasteiger partial charge in [-0.2, -0.15) is 0 Å². The molecule has 4 aromatic rings. The van der Waals surface area contributed by atoms with Crippen molar-refractivity contribution in [3.63, 3.8) is 0 Å². The Kier molecular flexibility index (Phi) is 6.67. The number of carboxylic acid groups (broad SMARTS) is 1. The van der Waals surface area contributed by atoms with Crippen LogP contribution < -0.4 is 15.8 Å². The molecule has 0 fully saturated rings. The van der Waals surface area contributed by atoms with Gasteiger partial charge in [0.15, 0.2) is 0 Å². The summed E-state index contributed by atoms with van der Waals surface area (Å²) in [5.74, 6) is 0.436. The lowest BCUT2D eigenvalue weighted by atomic mass is 9.96. The molecule has 1 aliphatic rings. The van der Waals surface area contributed by atoms with E-state index in [1.165, 1.54) is 17.3 Å². The highest BCUT2D eigenvalue weighted by Gasteiger charge is 2.30. The predicted molar refractivity (Wildman–Crippen MR) is 136 cm³/mol. The number of benzene rings is 1. The zero-order valence-electron chi connectivity index (χ0n) is 20.4. The summed E-state index contributed by atoms with van der Waals surface area (Å²) in [7, 11) is 0. The van der Waals surface area contributed by atoms with Crippen molar-refractivity contribution < 1.29 is 14.7 Å². The van der Waals surface area contributed by atoms with Gasteiger partial charge in [-0.3, -0.25) is 14.5 Å². The summed E-state index contributed by atoms with van der Waals surface area (Å²) >= 11 is 0. The van der Waals surface area contributed by atoms with Crippen LogP contribution in [0.2, 0.25) is 0 Å². The van der Waals surface area contributed by atoms with Crippen LogP contribution >= 0.6 is 0 Å². The number of rotatable bonds is 7. The molecule has 37 heavy (non-hydrogen) atoms. The second kappa shape index (κ2) is 10.2. The van der Waals surface area contributed by atoms with E-state index in [9.17, 15) is 19.5 Å². The molecule has 2 N–H and O–H groups in total. The summed E-state index contributed by atoms with van der Waals surface area (Å²) in [6, 6.07) is 10.2. The largest absolute Gasteiger partial charge is 0.465 e. The molecule has 0 radical (unpaired) electrons. The molecule has 5 rings (SSSR count). The smallest absolute Gasteiger partial charge is 0.412 e. The number of aromatic nitrogens is 5. The number of anilines is 1. The highest BCUT2D eigenvalue weighted by Crippen LogP contribution is 2.36. The molecule has 0 bridgehead atoms. The van der Waals surface area contributed by atoms with Crippen LogP contribution in [-0.4, -0.2) is 47.2 Å². The summed E-state index contributed by atoms with van der Waals surface area (Å²) in [6.45, 7) is 2.58. The Morgan fingerprint density at radius 3 is 2.81 bits per heavy atom. The van der Waals surface area contributed by atoms with Gasteiger partial charge in [0.25, 0.3) is 5.56 Å². The zero-order valence-corrected chi connectivity index (χ0v) is 20.4. The lowest BCUT2D eigenvalue weighted by Crippen LogP contribution is -2.41. The first-order valence-electron chi connectivity index (χ1n) is 12.1. The maximum absolute atomic E-state index is 12.9. The van der Waals surface area contributed by atoms with Crippen molar-refractivity contribution in [1.29, 1.82) is 0 Å². The molecular weight excluding hydrogens is 474 g/mol. The molecule has 1 aliphatic heterocycles. The number of hydrogen-bond donors (Lipinski definition) is 2. The van der Waals surface area contributed by atoms with Crippen LogP contribution in [0, 0.1) is 0 Å². The molecule has 4 heterocycles. The van der Waals surface area contributed by atoms with Crippen molar-refractivity contribution in [2.45, 2.75) is 51.9 Å². The van der Waals surface area contributed by atoms with E-state index in [-0.39, 0.29) is 30.6 Å². The van der Waals surface area contributed by atoms with Crippen LogP contribution in [0.25, 0.3) is 11.0 Å². The molecule has 1 atom stereocenters. The Labute approximate surface area is 212 Å². The van der Waals surface area contributed by atoms with E-state index < -0.39 is 6.09 Å². The van der Waals surface area contributed by atoms with Crippen LogP contribution in [0.3, 0.4) is 0 Å². The van der Waals surface area contributed by atoms with E-state index in [0.717, 1.165) is 11.1 Å². The molecule has 0 saturated heterocycles. The van der Waals surface area contributed by atoms with Gasteiger partial charge in [0.1, 0.15) is 18.7 Å². The number of carbonyl (C=O) groups excluding carboxylic acids is 1. The third-order valence-electron chi connectivity index (χ3n) is 6.69. The summed E-state index contributed by atoms with van der Waals surface area (Å²) in [5, 5.41) is 12.7. The number of amides is 2. The van der Waals surface area contributed by atoms with Gasteiger partial charge >= 0.3 is 6.09 Å². The fourth-order valence-electron chi connectivity index (χ4n) is 4.81. The Bertz CT molecular complexity index is 1510. The normalized spacial score (nSPS) is 14.9. The molecule has 1 aromatic carbocycles. The highest BCUT2D eigenvalue weighted by atomic mass is 16.4. The van der Waals surface area contributed by atoms with Crippen LogP contribution in [0.1, 0.15) is 30.4 Å². The van der Waals surface area contributed by atoms with E-state index in [1.54, 1.807) is 41.2 Å². The van der Waals surface area contributed by atoms with Crippen molar-refractivity contribution in [3.8, 4) is 0 Å². The van der Waals surface area contributed by atoms with Gasteiger partial charge in [-0.05, 0) is 44.0 Å². The van der Waals surface area contributed by atoms with Crippen molar-refractivity contribution in [3.05, 3.63) is 82.6 Å². The molecule has 2 amide bonds. The minimum absolute atomic E-state index is 0.0262.